The van der Waals surface area contributed by atoms with Crippen LogP contribution in [0, 0.1) is 0 Å². The zero-order valence-electron chi connectivity index (χ0n) is 8.14. The van der Waals surface area contributed by atoms with Crippen molar-refractivity contribution in [2.45, 2.75) is 38.9 Å². The number of nitrogens with one attached hydrogen (secondary N) is 1. The van der Waals surface area contributed by atoms with Crippen molar-refractivity contribution < 1.29 is 9.47 Å². The summed E-state index contributed by atoms with van der Waals surface area (Å²) in [5, 5.41) is 0. The molecule has 0 aliphatic heterocycles. The molecule has 0 bridgehead atoms. The zero-order chi connectivity index (χ0) is 9.23. The van der Waals surface area contributed by atoms with E-state index in [1.807, 2.05) is 0 Å². The lowest BCUT2D eigenvalue weighted by atomic mass is 10.3. The van der Waals surface area contributed by atoms with E-state index in [9.17, 15) is 0 Å². The number of methoxy groups -OCH3 is 1. The lowest BCUT2D eigenvalue weighted by molar-refractivity contribution is -0.128. The van der Waals surface area contributed by atoms with Gasteiger partial charge in [0.25, 0.3) is 0 Å². The molecular formula is C9H20NO2. The minimum atomic E-state index is -0.0955. The molecule has 73 valence electrons. The summed E-state index contributed by atoms with van der Waals surface area (Å²) in [7, 11) is 1.65. The van der Waals surface area contributed by atoms with Crippen molar-refractivity contribution in [3.8, 4) is 0 Å². The summed E-state index contributed by atoms with van der Waals surface area (Å²) in [6.07, 6.45) is 3.83. The van der Waals surface area contributed by atoms with Gasteiger partial charge >= 0.3 is 0 Å². The molecule has 0 rings (SSSR count). The first-order valence-electron chi connectivity index (χ1n) is 4.64. The second-order valence-electron chi connectivity index (χ2n) is 2.78. The highest BCUT2D eigenvalue weighted by atomic mass is 16.7. The van der Waals surface area contributed by atoms with Crippen LogP contribution in [0.5, 0.6) is 0 Å². The van der Waals surface area contributed by atoms with Crippen molar-refractivity contribution in [1.29, 1.82) is 0 Å². The summed E-state index contributed by atoms with van der Waals surface area (Å²) >= 11 is 0. The van der Waals surface area contributed by atoms with Gasteiger partial charge in [-0.25, -0.2) is 0 Å². The first-order valence-corrected chi connectivity index (χ1v) is 4.64. The van der Waals surface area contributed by atoms with Crippen LogP contribution in [0.15, 0.2) is 0 Å². The van der Waals surface area contributed by atoms with E-state index in [1.165, 1.54) is 0 Å². The van der Waals surface area contributed by atoms with E-state index >= 15 is 0 Å². The Bertz CT molecular complexity index is 88.6. The van der Waals surface area contributed by atoms with E-state index in [4.69, 9.17) is 15.2 Å². The number of rotatable bonds is 8. The Morgan fingerprint density at radius 1 is 1.33 bits per heavy atom. The zero-order valence-corrected chi connectivity index (χ0v) is 8.14. The molecule has 1 atom stereocenters. The van der Waals surface area contributed by atoms with Crippen LogP contribution in [0.25, 0.3) is 0 Å². The van der Waals surface area contributed by atoms with Crippen molar-refractivity contribution >= 4 is 0 Å². The second kappa shape index (κ2) is 8.97. The molecule has 1 radical (unpaired) electrons. The smallest absolute Gasteiger partial charge is 0.157 e. The summed E-state index contributed by atoms with van der Waals surface area (Å²) in [5.74, 6) is 0. The van der Waals surface area contributed by atoms with Crippen molar-refractivity contribution in [2.75, 3.05) is 20.3 Å². The number of ether oxygens (including phenoxy) is 2. The summed E-state index contributed by atoms with van der Waals surface area (Å²) in [6, 6.07) is 0. The van der Waals surface area contributed by atoms with Gasteiger partial charge in [0.2, 0.25) is 0 Å². The van der Waals surface area contributed by atoms with Crippen LogP contribution in [0.4, 0.5) is 0 Å². The Labute approximate surface area is 75.2 Å². The molecule has 0 aliphatic carbocycles. The van der Waals surface area contributed by atoms with Crippen molar-refractivity contribution in [3.05, 3.63) is 0 Å². The van der Waals surface area contributed by atoms with Crippen molar-refractivity contribution in [3.63, 3.8) is 0 Å². The predicted molar refractivity (Wildman–Crippen MR) is 48.9 cm³/mol. The summed E-state index contributed by atoms with van der Waals surface area (Å²) in [6.45, 7) is 3.36. The molecular weight excluding hydrogens is 154 g/mol. The quantitative estimate of drug-likeness (QED) is 0.416. The summed E-state index contributed by atoms with van der Waals surface area (Å²) in [4.78, 5) is 0. The Morgan fingerprint density at radius 2 is 2.08 bits per heavy atom. The monoisotopic (exact) mass is 174 g/mol. The number of hydrogen-bond donors (Lipinski definition) is 0. The van der Waals surface area contributed by atoms with E-state index in [1.54, 1.807) is 7.11 Å². The molecule has 1 N–H and O–H groups in total. The third-order valence-corrected chi connectivity index (χ3v) is 1.68. The minimum Gasteiger partial charge on any atom is -0.356 e. The van der Waals surface area contributed by atoms with Gasteiger partial charge in [-0.05, 0) is 19.3 Å². The Morgan fingerprint density at radius 3 is 2.58 bits per heavy atom. The molecule has 0 aliphatic rings. The third kappa shape index (κ3) is 6.58. The average molecular weight is 174 g/mol. The number of hydrogen-bond acceptors (Lipinski definition) is 2. The fraction of sp³-hybridized carbons (Fsp3) is 1.00. The van der Waals surface area contributed by atoms with E-state index in [2.05, 4.69) is 6.92 Å². The van der Waals surface area contributed by atoms with E-state index in [0.717, 1.165) is 32.3 Å². The summed E-state index contributed by atoms with van der Waals surface area (Å²) in [5.41, 5.74) is 6.97. The van der Waals surface area contributed by atoms with Gasteiger partial charge in [0, 0.05) is 20.3 Å². The van der Waals surface area contributed by atoms with Gasteiger partial charge in [-0.2, -0.15) is 0 Å². The number of unbranched alkanes of at least 4 members (excludes halogenated alkanes) is 1. The predicted octanol–water partition coefficient (Wildman–Crippen LogP) is 1.84. The van der Waals surface area contributed by atoms with Crippen LogP contribution in [0.1, 0.15) is 32.6 Å². The summed E-state index contributed by atoms with van der Waals surface area (Å²) < 4.78 is 10.5. The van der Waals surface area contributed by atoms with Gasteiger partial charge < -0.3 is 9.47 Å². The van der Waals surface area contributed by atoms with Gasteiger partial charge in [0.05, 0.1) is 0 Å². The molecule has 0 heterocycles. The maximum atomic E-state index is 6.97. The van der Waals surface area contributed by atoms with Crippen LogP contribution in [0.3, 0.4) is 0 Å². The van der Waals surface area contributed by atoms with Gasteiger partial charge in [-0.3, -0.25) is 5.73 Å². The van der Waals surface area contributed by atoms with E-state index < -0.39 is 0 Å². The highest BCUT2D eigenvalue weighted by molar-refractivity contribution is 4.46. The molecule has 0 aromatic heterocycles. The molecule has 0 amide bonds. The van der Waals surface area contributed by atoms with Crippen molar-refractivity contribution in [2.24, 2.45) is 0 Å². The van der Waals surface area contributed by atoms with E-state index in [-0.39, 0.29) is 6.29 Å². The van der Waals surface area contributed by atoms with Crippen molar-refractivity contribution in [1.82, 2.24) is 5.73 Å². The first-order chi connectivity index (χ1) is 5.85. The maximum absolute atomic E-state index is 6.97. The van der Waals surface area contributed by atoms with Crippen LogP contribution in [-0.2, 0) is 9.47 Å². The van der Waals surface area contributed by atoms with Crippen LogP contribution in [-0.4, -0.2) is 26.6 Å². The highest BCUT2D eigenvalue weighted by Crippen LogP contribution is 2.03. The van der Waals surface area contributed by atoms with Gasteiger partial charge in [-0.1, -0.05) is 13.3 Å². The van der Waals surface area contributed by atoms with Gasteiger partial charge in [0.15, 0.2) is 6.29 Å². The first kappa shape index (κ1) is 11.9. The molecule has 0 aromatic rings. The molecule has 0 saturated heterocycles. The SMILES string of the molecule is CCCCOC(CCC[NH])OC. The van der Waals surface area contributed by atoms with Crippen LogP contribution >= 0.6 is 0 Å². The largest absolute Gasteiger partial charge is 0.356 e. The second-order valence-corrected chi connectivity index (χ2v) is 2.78. The molecule has 0 spiro atoms. The van der Waals surface area contributed by atoms with E-state index in [0.29, 0.717) is 6.54 Å². The Hall–Kier alpha value is -0.120. The maximum Gasteiger partial charge on any atom is 0.157 e. The fourth-order valence-corrected chi connectivity index (χ4v) is 0.897. The normalized spacial score (nSPS) is 13.2. The molecule has 0 saturated carbocycles. The Kier molecular flexibility index (Phi) is 8.88. The minimum absolute atomic E-state index is 0.0955. The topological polar surface area (TPSA) is 42.3 Å². The van der Waals surface area contributed by atoms with Gasteiger partial charge in [-0.15, -0.1) is 0 Å². The molecule has 12 heavy (non-hydrogen) atoms. The standard InChI is InChI=1S/C9H20NO2/c1-3-4-8-12-9(11-2)6-5-7-10/h9-10H,3-8H2,1-2H3. The molecule has 0 aromatic carbocycles. The van der Waals surface area contributed by atoms with Crippen LogP contribution < -0.4 is 5.73 Å². The highest BCUT2D eigenvalue weighted by Gasteiger charge is 2.05. The molecule has 1 unspecified atom stereocenters. The van der Waals surface area contributed by atoms with Crippen LogP contribution in [0.2, 0.25) is 0 Å². The average Bonchev–Trinajstić information content (AvgIpc) is 2.11. The molecule has 3 nitrogen and oxygen atoms in total. The Balaban J connectivity index is 3.26. The lowest BCUT2D eigenvalue weighted by Gasteiger charge is -2.15. The third-order valence-electron chi connectivity index (χ3n) is 1.68. The lowest BCUT2D eigenvalue weighted by Crippen LogP contribution is -2.16. The van der Waals surface area contributed by atoms with Gasteiger partial charge in [0.1, 0.15) is 0 Å². The molecule has 0 fully saturated rings. The fourth-order valence-electron chi connectivity index (χ4n) is 0.897. The molecule has 3 heteroatoms.